The summed E-state index contributed by atoms with van der Waals surface area (Å²) in [4.78, 5) is 0. The second kappa shape index (κ2) is 7.33. The van der Waals surface area contributed by atoms with Crippen molar-refractivity contribution in [2.75, 3.05) is 4.72 Å². The fourth-order valence-corrected chi connectivity index (χ4v) is 4.24. The summed E-state index contributed by atoms with van der Waals surface area (Å²) in [6.45, 7) is 6.38. The van der Waals surface area contributed by atoms with Crippen LogP contribution in [0.5, 0.6) is 0 Å². The van der Waals surface area contributed by atoms with Gasteiger partial charge in [0, 0.05) is 0 Å². The average molecular weight is 369 g/mol. The first kappa shape index (κ1) is 18.2. The van der Waals surface area contributed by atoms with Gasteiger partial charge in [-0.2, -0.15) is 5.10 Å². The van der Waals surface area contributed by atoms with Gasteiger partial charge in [-0.1, -0.05) is 54.6 Å². The third-order valence-corrected chi connectivity index (χ3v) is 5.65. The summed E-state index contributed by atoms with van der Waals surface area (Å²) in [5, 5.41) is 4.53. The zero-order valence-corrected chi connectivity index (χ0v) is 16.0. The molecule has 1 N–H and O–H groups in total. The van der Waals surface area contributed by atoms with Crippen molar-refractivity contribution in [3.63, 3.8) is 0 Å². The fraction of sp³-hybridized carbons (Fsp3) is 0.250. The highest BCUT2D eigenvalue weighted by molar-refractivity contribution is 7.91. The molecule has 3 rings (SSSR count). The Bertz CT molecular complexity index is 1010. The standard InChI is InChI=1S/C20H23N3O2S/c1-15-9-7-8-12-19(15)13-23-17(3)20(16(2)21-23)22-26(24,25)14-18-10-5-4-6-11-18/h4-12,22H,13-14H2,1-3H3. The quantitative estimate of drug-likeness (QED) is 0.719. The fourth-order valence-electron chi connectivity index (χ4n) is 2.93. The van der Waals surface area contributed by atoms with Gasteiger partial charge < -0.3 is 0 Å². The van der Waals surface area contributed by atoms with E-state index in [2.05, 4.69) is 28.9 Å². The summed E-state index contributed by atoms with van der Waals surface area (Å²) in [5.74, 6) is -0.0598. The number of nitrogens with zero attached hydrogens (tertiary/aromatic N) is 2. The van der Waals surface area contributed by atoms with Gasteiger partial charge >= 0.3 is 0 Å². The molecule has 0 spiro atoms. The zero-order valence-electron chi connectivity index (χ0n) is 15.2. The Morgan fingerprint density at radius 3 is 2.31 bits per heavy atom. The summed E-state index contributed by atoms with van der Waals surface area (Å²) < 4.78 is 29.7. The van der Waals surface area contributed by atoms with Gasteiger partial charge in [0.2, 0.25) is 10.0 Å². The molecular weight excluding hydrogens is 346 g/mol. The molecule has 3 aromatic rings. The number of anilines is 1. The van der Waals surface area contributed by atoms with E-state index in [1.807, 2.05) is 48.9 Å². The lowest BCUT2D eigenvalue weighted by Crippen LogP contribution is -2.16. The number of sulfonamides is 1. The first-order valence-electron chi connectivity index (χ1n) is 8.48. The SMILES string of the molecule is Cc1ccccc1Cn1nc(C)c(NS(=O)(=O)Cc2ccccc2)c1C. The number of aryl methyl sites for hydroxylation is 2. The molecule has 1 heterocycles. The summed E-state index contributed by atoms with van der Waals surface area (Å²) in [5.41, 5.74) is 5.15. The van der Waals surface area contributed by atoms with Crippen LogP contribution in [0.15, 0.2) is 54.6 Å². The number of rotatable bonds is 6. The minimum absolute atomic E-state index is 0.0598. The summed E-state index contributed by atoms with van der Waals surface area (Å²) in [7, 11) is -3.50. The van der Waals surface area contributed by atoms with Crippen LogP contribution in [0.2, 0.25) is 0 Å². The van der Waals surface area contributed by atoms with Crippen molar-refractivity contribution in [2.45, 2.75) is 33.1 Å². The predicted octanol–water partition coefficient (Wildman–Crippen LogP) is 3.80. The van der Waals surface area contributed by atoms with E-state index >= 15 is 0 Å². The van der Waals surface area contributed by atoms with Crippen molar-refractivity contribution in [3.8, 4) is 0 Å². The van der Waals surface area contributed by atoms with E-state index in [9.17, 15) is 8.42 Å². The van der Waals surface area contributed by atoms with Crippen molar-refractivity contribution < 1.29 is 8.42 Å². The predicted molar refractivity (Wildman–Crippen MR) is 105 cm³/mol. The molecule has 0 atom stereocenters. The third kappa shape index (κ3) is 4.14. The van der Waals surface area contributed by atoms with E-state index in [1.165, 1.54) is 5.56 Å². The Hall–Kier alpha value is -2.60. The Labute approximate surface area is 154 Å². The van der Waals surface area contributed by atoms with Crippen LogP contribution in [-0.4, -0.2) is 18.2 Å². The molecule has 0 fully saturated rings. The van der Waals surface area contributed by atoms with Gasteiger partial charge in [0.1, 0.15) is 0 Å². The van der Waals surface area contributed by atoms with Crippen molar-refractivity contribution in [2.24, 2.45) is 0 Å². The van der Waals surface area contributed by atoms with Crippen molar-refractivity contribution >= 4 is 15.7 Å². The number of hydrogen-bond donors (Lipinski definition) is 1. The summed E-state index contributed by atoms with van der Waals surface area (Å²) in [6.07, 6.45) is 0. The van der Waals surface area contributed by atoms with Gasteiger partial charge in [0.05, 0.1) is 29.4 Å². The number of hydrogen-bond acceptors (Lipinski definition) is 3. The second-order valence-corrected chi connectivity index (χ2v) is 8.20. The van der Waals surface area contributed by atoms with E-state index in [4.69, 9.17) is 0 Å². The minimum Gasteiger partial charge on any atom is -0.280 e. The largest absolute Gasteiger partial charge is 0.280 e. The van der Waals surface area contributed by atoms with Crippen LogP contribution in [-0.2, 0) is 22.3 Å². The van der Waals surface area contributed by atoms with E-state index < -0.39 is 10.0 Å². The lowest BCUT2D eigenvalue weighted by atomic mass is 10.1. The number of aromatic nitrogens is 2. The molecule has 0 aliphatic carbocycles. The smallest absolute Gasteiger partial charge is 0.237 e. The Morgan fingerprint density at radius 2 is 1.62 bits per heavy atom. The molecule has 0 saturated carbocycles. The molecule has 26 heavy (non-hydrogen) atoms. The molecule has 6 heteroatoms. The van der Waals surface area contributed by atoms with Crippen LogP contribution >= 0.6 is 0 Å². The molecule has 0 aliphatic rings. The highest BCUT2D eigenvalue weighted by Crippen LogP contribution is 2.23. The highest BCUT2D eigenvalue weighted by atomic mass is 32.2. The summed E-state index contributed by atoms with van der Waals surface area (Å²) >= 11 is 0. The van der Waals surface area contributed by atoms with Crippen LogP contribution in [0.1, 0.15) is 28.1 Å². The van der Waals surface area contributed by atoms with Crippen LogP contribution in [0.4, 0.5) is 5.69 Å². The molecule has 0 bridgehead atoms. The van der Waals surface area contributed by atoms with Gasteiger partial charge in [-0.15, -0.1) is 0 Å². The van der Waals surface area contributed by atoms with Crippen LogP contribution in [0.3, 0.4) is 0 Å². The lowest BCUT2D eigenvalue weighted by molar-refractivity contribution is 0.600. The molecule has 0 amide bonds. The van der Waals surface area contributed by atoms with Gasteiger partial charge in [0.25, 0.3) is 0 Å². The molecule has 0 radical (unpaired) electrons. The molecule has 5 nitrogen and oxygen atoms in total. The average Bonchev–Trinajstić information content (AvgIpc) is 2.84. The summed E-state index contributed by atoms with van der Waals surface area (Å²) in [6, 6.07) is 17.3. The van der Waals surface area contributed by atoms with Gasteiger partial charge in [-0.05, 0) is 37.5 Å². The molecule has 0 aliphatic heterocycles. The van der Waals surface area contributed by atoms with Crippen molar-refractivity contribution in [3.05, 3.63) is 82.7 Å². The van der Waals surface area contributed by atoms with Gasteiger partial charge in [0.15, 0.2) is 0 Å². The maximum absolute atomic E-state index is 12.5. The normalized spacial score (nSPS) is 11.5. The number of benzene rings is 2. The second-order valence-electron chi connectivity index (χ2n) is 6.48. The Kier molecular flexibility index (Phi) is 5.13. The minimum atomic E-state index is -3.50. The molecule has 0 unspecified atom stereocenters. The molecular formula is C20H23N3O2S. The van der Waals surface area contributed by atoms with E-state index in [0.717, 1.165) is 16.8 Å². The lowest BCUT2D eigenvalue weighted by Gasteiger charge is -2.10. The molecule has 1 aromatic heterocycles. The van der Waals surface area contributed by atoms with Crippen molar-refractivity contribution in [1.29, 1.82) is 0 Å². The van der Waals surface area contributed by atoms with E-state index in [-0.39, 0.29) is 5.75 Å². The van der Waals surface area contributed by atoms with Crippen LogP contribution in [0.25, 0.3) is 0 Å². The molecule has 2 aromatic carbocycles. The van der Waals surface area contributed by atoms with Gasteiger partial charge in [-0.25, -0.2) is 8.42 Å². The van der Waals surface area contributed by atoms with Crippen LogP contribution < -0.4 is 4.72 Å². The van der Waals surface area contributed by atoms with E-state index in [1.54, 1.807) is 12.1 Å². The third-order valence-electron chi connectivity index (χ3n) is 4.42. The van der Waals surface area contributed by atoms with E-state index in [0.29, 0.717) is 17.9 Å². The maximum Gasteiger partial charge on any atom is 0.237 e. The topological polar surface area (TPSA) is 64.0 Å². The maximum atomic E-state index is 12.5. The number of nitrogens with one attached hydrogen (secondary N) is 1. The van der Waals surface area contributed by atoms with Gasteiger partial charge in [-0.3, -0.25) is 9.40 Å². The zero-order chi connectivity index (χ0) is 18.7. The Balaban J connectivity index is 1.83. The molecule has 136 valence electrons. The first-order chi connectivity index (χ1) is 12.4. The monoisotopic (exact) mass is 369 g/mol. The van der Waals surface area contributed by atoms with Crippen molar-refractivity contribution in [1.82, 2.24) is 9.78 Å². The first-order valence-corrected chi connectivity index (χ1v) is 10.1. The molecule has 0 saturated heterocycles. The Morgan fingerprint density at radius 1 is 0.962 bits per heavy atom. The highest BCUT2D eigenvalue weighted by Gasteiger charge is 2.19. The van der Waals surface area contributed by atoms with Crippen LogP contribution in [0, 0.1) is 20.8 Å².